The van der Waals surface area contributed by atoms with E-state index in [0.717, 1.165) is 16.8 Å². The fourth-order valence-electron chi connectivity index (χ4n) is 2.47. The Morgan fingerprint density at radius 3 is 2.73 bits per heavy atom. The van der Waals surface area contributed by atoms with Crippen LogP contribution in [0, 0.1) is 18.3 Å². The normalized spacial score (nSPS) is 12.3. The van der Waals surface area contributed by atoms with Crippen molar-refractivity contribution < 1.29 is 9.53 Å². The quantitative estimate of drug-likeness (QED) is 0.865. The number of carbonyl (C=O) groups is 1. The molecular weight excluding hydrogens is 352 g/mol. The van der Waals surface area contributed by atoms with E-state index in [1.54, 1.807) is 10.7 Å². The molecule has 7 heteroatoms. The summed E-state index contributed by atoms with van der Waals surface area (Å²) in [5.41, 5.74) is 2.53. The maximum Gasteiger partial charge on any atom is 0.407 e. The summed E-state index contributed by atoms with van der Waals surface area (Å²) < 4.78 is 7.07. The summed E-state index contributed by atoms with van der Waals surface area (Å²) in [5.74, 6) is 0. The molecule has 1 atom stereocenters. The van der Waals surface area contributed by atoms with Gasteiger partial charge in [-0.05, 0) is 52.3 Å². The van der Waals surface area contributed by atoms with Crippen LogP contribution in [0.5, 0.6) is 0 Å². The summed E-state index contributed by atoms with van der Waals surface area (Å²) in [6.07, 6.45) is 1.03. The molecule has 6 nitrogen and oxygen atoms in total. The highest BCUT2D eigenvalue weighted by Gasteiger charge is 2.18. The molecule has 2 aromatic rings. The third kappa shape index (κ3) is 4.99. The highest BCUT2D eigenvalue weighted by molar-refractivity contribution is 6.32. The number of amides is 1. The molecule has 1 unspecified atom stereocenters. The number of benzene rings is 1. The van der Waals surface area contributed by atoms with E-state index in [-0.39, 0.29) is 11.6 Å². The van der Waals surface area contributed by atoms with Crippen molar-refractivity contribution in [2.24, 2.45) is 0 Å². The maximum absolute atomic E-state index is 11.8. The number of hydrogen-bond acceptors (Lipinski definition) is 4. The molecule has 0 aliphatic rings. The Morgan fingerprint density at radius 1 is 1.42 bits per heavy atom. The number of alkyl carbamates (subject to hydrolysis) is 1. The van der Waals surface area contributed by atoms with Gasteiger partial charge in [-0.2, -0.15) is 10.4 Å². The molecule has 0 spiro atoms. The summed E-state index contributed by atoms with van der Waals surface area (Å²) >= 11 is 6.23. The first-order chi connectivity index (χ1) is 12.1. The molecule has 0 aliphatic carbocycles. The molecule has 1 aromatic heterocycles. The maximum atomic E-state index is 11.8. The van der Waals surface area contributed by atoms with E-state index in [1.807, 2.05) is 52.9 Å². The van der Waals surface area contributed by atoms with Crippen LogP contribution in [0.2, 0.25) is 5.02 Å². The fraction of sp³-hybridized carbons (Fsp3) is 0.421. The van der Waals surface area contributed by atoms with Crippen LogP contribution >= 0.6 is 11.6 Å². The summed E-state index contributed by atoms with van der Waals surface area (Å²) in [5, 5.41) is 16.8. The molecular formula is C19H23ClN4O2. The average molecular weight is 375 g/mol. The number of nitrogens with zero attached hydrogens (tertiary/aromatic N) is 3. The second-order valence-electron chi connectivity index (χ2n) is 7.23. The van der Waals surface area contributed by atoms with Gasteiger partial charge in [-0.15, -0.1) is 0 Å². The van der Waals surface area contributed by atoms with Crippen LogP contribution in [-0.2, 0) is 11.3 Å². The van der Waals surface area contributed by atoms with E-state index in [4.69, 9.17) is 21.6 Å². The Labute approximate surface area is 158 Å². The van der Waals surface area contributed by atoms with E-state index in [0.29, 0.717) is 17.1 Å². The molecule has 0 radical (unpaired) electrons. The third-order valence-electron chi connectivity index (χ3n) is 3.65. The van der Waals surface area contributed by atoms with Crippen LogP contribution < -0.4 is 5.32 Å². The Morgan fingerprint density at radius 2 is 2.12 bits per heavy atom. The molecule has 1 aromatic carbocycles. The molecule has 0 saturated heterocycles. The smallest absolute Gasteiger partial charge is 0.407 e. The van der Waals surface area contributed by atoms with Crippen molar-refractivity contribution in [3.05, 3.63) is 40.5 Å². The number of ether oxygens (including phenoxy) is 1. The zero-order valence-corrected chi connectivity index (χ0v) is 16.4. The highest BCUT2D eigenvalue weighted by atomic mass is 35.5. The Hall–Kier alpha value is -2.52. The lowest BCUT2D eigenvalue weighted by molar-refractivity contribution is 0.0893. The number of aromatic nitrogens is 2. The van der Waals surface area contributed by atoms with E-state index in [1.165, 1.54) is 0 Å². The van der Waals surface area contributed by atoms with Crippen LogP contribution in [0.1, 0.15) is 38.8 Å². The number of hydrogen-bond donors (Lipinski definition) is 1. The minimum absolute atomic E-state index is 0.337. The lowest BCUT2D eigenvalue weighted by atomic mass is 10.0. The molecule has 138 valence electrons. The van der Waals surface area contributed by atoms with Gasteiger partial charge in [-0.3, -0.25) is 4.68 Å². The molecule has 0 saturated carbocycles. The minimum Gasteiger partial charge on any atom is -0.445 e. The summed E-state index contributed by atoms with van der Waals surface area (Å²) in [4.78, 5) is 11.8. The van der Waals surface area contributed by atoms with Crippen molar-refractivity contribution in [1.29, 1.82) is 5.26 Å². The SMILES string of the molecule is Cc1c(-c2ccn(CC(C)OC(=O)NC(C)(C)C)n2)ccc(C#N)c1Cl. The zero-order valence-electron chi connectivity index (χ0n) is 15.6. The Kier molecular flexibility index (Phi) is 5.94. The van der Waals surface area contributed by atoms with Gasteiger partial charge >= 0.3 is 6.09 Å². The van der Waals surface area contributed by atoms with Crippen LogP contribution in [0.25, 0.3) is 11.3 Å². The van der Waals surface area contributed by atoms with Crippen LogP contribution in [0.3, 0.4) is 0 Å². The van der Waals surface area contributed by atoms with Crippen molar-refractivity contribution in [3.8, 4) is 17.3 Å². The van der Waals surface area contributed by atoms with Crippen molar-refractivity contribution in [1.82, 2.24) is 15.1 Å². The van der Waals surface area contributed by atoms with Gasteiger partial charge in [0.05, 0.1) is 22.8 Å². The van der Waals surface area contributed by atoms with Crippen LogP contribution in [0.15, 0.2) is 24.4 Å². The molecule has 1 heterocycles. The topological polar surface area (TPSA) is 79.9 Å². The minimum atomic E-state index is -0.452. The average Bonchev–Trinajstić information content (AvgIpc) is 2.95. The number of carbonyl (C=O) groups excluding carboxylic acids is 1. The number of nitriles is 1. The number of rotatable bonds is 4. The predicted molar refractivity (Wildman–Crippen MR) is 101 cm³/mol. The molecule has 0 fully saturated rings. The first-order valence-electron chi connectivity index (χ1n) is 8.32. The summed E-state index contributed by atoms with van der Waals surface area (Å²) in [7, 11) is 0. The van der Waals surface area contributed by atoms with Gasteiger partial charge in [0, 0.05) is 17.3 Å². The first kappa shape index (κ1) is 19.8. The van der Waals surface area contributed by atoms with Crippen molar-refractivity contribution in [2.45, 2.75) is 52.8 Å². The van der Waals surface area contributed by atoms with Gasteiger partial charge in [0.1, 0.15) is 12.2 Å². The standard InChI is InChI=1S/C19H23ClN4O2/c1-12(26-18(25)22-19(3,4)5)11-24-9-8-16(23-24)15-7-6-14(10-21)17(20)13(15)2/h6-9,12H,11H2,1-5H3,(H,22,25). The van der Waals surface area contributed by atoms with Gasteiger partial charge in [0.15, 0.2) is 0 Å². The summed E-state index contributed by atoms with van der Waals surface area (Å²) in [6, 6.07) is 7.46. The highest BCUT2D eigenvalue weighted by Crippen LogP contribution is 2.29. The lowest BCUT2D eigenvalue weighted by Crippen LogP contribution is -2.42. The van der Waals surface area contributed by atoms with Crippen molar-refractivity contribution in [3.63, 3.8) is 0 Å². The van der Waals surface area contributed by atoms with E-state index in [9.17, 15) is 4.79 Å². The Bertz CT molecular complexity index is 846. The van der Waals surface area contributed by atoms with Gasteiger partial charge in [-0.1, -0.05) is 17.7 Å². The van der Waals surface area contributed by atoms with Gasteiger partial charge in [0.25, 0.3) is 0 Å². The third-order valence-corrected chi connectivity index (χ3v) is 4.14. The zero-order chi connectivity index (χ0) is 19.5. The largest absolute Gasteiger partial charge is 0.445 e. The predicted octanol–water partition coefficient (Wildman–Crippen LogP) is 4.30. The molecule has 1 N–H and O–H groups in total. The molecule has 1 amide bonds. The second kappa shape index (κ2) is 7.79. The fourth-order valence-corrected chi connectivity index (χ4v) is 2.68. The van der Waals surface area contributed by atoms with Crippen molar-refractivity contribution >= 4 is 17.7 Å². The molecule has 0 bridgehead atoms. The van der Waals surface area contributed by atoms with Crippen LogP contribution in [-0.4, -0.2) is 27.5 Å². The van der Waals surface area contributed by atoms with Crippen LogP contribution in [0.4, 0.5) is 4.79 Å². The summed E-state index contributed by atoms with van der Waals surface area (Å²) in [6.45, 7) is 9.78. The van der Waals surface area contributed by atoms with E-state index >= 15 is 0 Å². The van der Waals surface area contributed by atoms with E-state index in [2.05, 4.69) is 16.5 Å². The van der Waals surface area contributed by atoms with E-state index < -0.39 is 6.09 Å². The van der Waals surface area contributed by atoms with Gasteiger partial charge in [0.2, 0.25) is 0 Å². The monoisotopic (exact) mass is 374 g/mol. The molecule has 26 heavy (non-hydrogen) atoms. The second-order valence-corrected chi connectivity index (χ2v) is 7.60. The number of nitrogens with one attached hydrogen (secondary N) is 1. The Balaban J connectivity index is 2.08. The van der Waals surface area contributed by atoms with Gasteiger partial charge in [-0.25, -0.2) is 4.79 Å². The number of halogens is 1. The first-order valence-corrected chi connectivity index (χ1v) is 8.70. The van der Waals surface area contributed by atoms with Crippen molar-refractivity contribution in [2.75, 3.05) is 0 Å². The molecule has 0 aliphatic heterocycles. The molecule has 2 rings (SSSR count). The lowest BCUT2D eigenvalue weighted by Gasteiger charge is -2.22. The van der Waals surface area contributed by atoms with Gasteiger partial charge < -0.3 is 10.1 Å².